The summed E-state index contributed by atoms with van der Waals surface area (Å²) in [7, 11) is 0. The van der Waals surface area contributed by atoms with E-state index in [0.717, 1.165) is 11.4 Å². The van der Waals surface area contributed by atoms with Crippen molar-refractivity contribution in [2.45, 2.75) is 5.41 Å². The normalized spacial score (nSPS) is 13.1. The van der Waals surface area contributed by atoms with Gasteiger partial charge in [-0.05, 0) is 57.1 Å². The minimum atomic E-state index is -0.466. The Kier molecular flexibility index (Phi) is 5.97. The van der Waals surface area contributed by atoms with Crippen LogP contribution >= 0.6 is 11.3 Å². The molecule has 0 amide bonds. The fourth-order valence-electron chi connectivity index (χ4n) is 7.56. The van der Waals surface area contributed by atoms with Crippen molar-refractivity contribution < 1.29 is 0 Å². The van der Waals surface area contributed by atoms with E-state index in [1.54, 1.807) is 0 Å². The molecular formula is C43H29NS. The summed E-state index contributed by atoms with van der Waals surface area (Å²) in [4.78, 5) is 0. The summed E-state index contributed by atoms with van der Waals surface area (Å²) in [6, 6.07) is 61.8. The number of benzene rings is 7. The third kappa shape index (κ3) is 3.86. The molecule has 0 atom stereocenters. The molecule has 1 heterocycles. The molecule has 8 aromatic rings. The first-order valence-corrected chi connectivity index (χ1v) is 16.3. The Morgan fingerprint density at radius 2 is 1.02 bits per heavy atom. The maximum absolute atomic E-state index is 4.01. The van der Waals surface area contributed by atoms with Crippen LogP contribution < -0.4 is 5.32 Å². The lowest BCUT2D eigenvalue weighted by Gasteiger charge is -2.35. The Hall–Kier alpha value is -5.44. The molecule has 9 rings (SSSR count). The molecule has 0 fully saturated rings. The maximum atomic E-state index is 4.01. The molecule has 1 nitrogen and oxygen atoms in total. The average Bonchev–Trinajstić information content (AvgIpc) is 3.65. The van der Waals surface area contributed by atoms with E-state index in [1.807, 2.05) is 11.3 Å². The summed E-state index contributed by atoms with van der Waals surface area (Å²) in [6.45, 7) is 0. The van der Waals surface area contributed by atoms with Crippen LogP contribution in [0.15, 0.2) is 170 Å². The number of hydrogen-bond donors (Lipinski definition) is 1. The van der Waals surface area contributed by atoms with E-state index in [9.17, 15) is 0 Å². The third-order valence-corrected chi connectivity index (χ3v) is 10.6. The lowest BCUT2D eigenvalue weighted by molar-refractivity contribution is 0.770. The van der Waals surface area contributed by atoms with E-state index < -0.39 is 5.41 Å². The van der Waals surface area contributed by atoms with E-state index in [2.05, 4.69) is 175 Å². The van der Waals surface area contributed by atoms with Crippen molar-refractivity contribution in [1.29, 1.82) is 0 Å². The van der Waals surface area contributed by atoms with Crippen molar-refractivity contribution in [2.24, 2.45) is 0 Å². The van der Waals surface area contributed by atoms with Gasteiger partial charge in [0.2, 0.25) is 0 Å². The van der Waals surface area contributed by atoms with Gasteiger partial charge >= 0.3 is 0 Å². The molecule has 0 saturated heterocycles. The standard InChI is InChI=1S/C43H29NS/c1-4-15-29(16-5-1)32-22-14-28-39-40(32)35-24-13-27-38(42(35)45-39)44-37-26-12-23-34-33-21-10-11-25-36(33)43(41(34)37,30-17-6-2-7-18-30)31-19-8-3-9-20-31/h1-28,44H. The largest absolute Gasteiger partial charge is 0.354 e. The van der Waals surface area contributed by atoms with Crippen molar-refractivity contribution >= 4 is 42.9 Å². The highest BCUT2D eigenvalue weighted by Crippen LogP contribution is 2.58. The fourth-order valence-corrected chi connectivity index (χ4v) is 8.75. The van der Waals surface area contributed by atoms with Gasteiger partial charge in [-0.25, -0.2) is 0 Å². The molecule has 0 spiro atoms. The number of rotatable bonds is 5. The van der Waals surface area contributed by atoms with Crippen molar-refractivity contribution in [2.75, 3.05) is 5.32 Å². The quantitative estimate of drug-likeness (QED) is 0.210. The number of nitrogens with one attached hydrogen (secondary N) is 1. The Bertz CT molecular complexity index is 2300. The first-order valence-electron chi connectivity index (χ1n) is 15.4. The molecule has 1 N–H and O–H groups in total. The fraction of sp³-hybridized carbons (Fsp3) is 0.0233. The second kappa shape index (κ2) is 10.3. The van der Waals surface area contributed by atoms with E-state index in [4.69, 9.17) is 0 Å². The molecule has 45 heavy (non-hydrogen) atoms. The minimum absolute atomic E-state index is 0.466. The van der Waals surface area contributed by atoms with Gasteiger partial charge in [-0.3, -0.25) is 0 Å². The van der Waals surface area contributed by atoms with Gasteiger partial charge in [0.25, 0.3) is 0 Å². The Balaban J connectivity index is 1.30. The summed E-state index contributed by atoms with van der Waals surface area (Å²) in [5.74, 6) is 0. The molecule has 7 aromatic carbocycles. The van der Waals surface area contributed by atoms with Crippen LogP contribution in [0.4, 0.5) is 11.4 Å². The first-order chi connectivity index (χ1) is 22.3. The molecule has 0 radical (unpaired) electrons. The van der Waals surface area contributed by atoms with Crippen LogP contribution in [0.1, 0.15) is 22.3 Å². The van der Waals surface area contributed by atoms with Gasteiger partial charge in [0.1, 0.15) is 0 Å². The Morgan fingerprint density at radius 1 is 0.444 bits per heavy atom. The van der Waals surface area contributed by atoms with Crippen molar-refractivity contribution in [1.82, 2.24) is 0 Å². The summed E-state index contributed by atoms with van der Waals surface area (Å²) < 4.78 is 2.57. The molecule has 1 aliphatic rings. The van der Waals surface area contributed by atoms with Gasteiger partial charge in [-0.2, -0.15) is 0 Å². The Labute approximate surface area is 267 Å². The molecule has 1 aromatic heterocycles. The number of fused-ring (bicyclic) bond motifs is 6. The minimum Gasteiger partial charge on any atom is -0.354 e. The van der Waals surface area contributed by atoms with E-state index in [-0.39, 0.29) is 0 Å². The van der Waals surface area contributed by atoms with Crippen LogP contribution in [0.25, 0.3) is 42.4 Å². The second-order valence-electron chi connectivity index (χ2n) is 11.7. The molecular weight excluding hydrogens is 563 g/mol. The zero-order valence-corrected chi connectivity index (χ0v) is 25.4. The summed E-state index contributed by atoms with van der Waals surface area (Å²) in [5.41, 5.74) is 12.0. The third-order valence-electron chi connectivity index (χ3n) is 9.35. The van der Waals surface area contributed by atoms with Crippen LogP contribution in [0.5, 0.6) is 0 Å². The van der Waals surface area contributed by atoms with Crippen LogP contribution in [0, 0.1) is 0 Å². The van der Waals surface area contributed by atoms with E-state index in [0.29, 0.717) is 0 Å². The van der Waals surface area contributed by atoms with Crippen LogP contribution in [-0.2, 0) is 5.41 Å². The zero-order valence-electron chi connectivity index (χ0n) is 24.6. The predicted molar refractivity (Wildman–Crippen MR) is 192 cm³/mol. The van der Waals surface area contributed by atoms with E-state index in [1.165, 1.54) is 64.7 Å². The number of hydrogen-bond acceptors (Lipinski definition) is 2. The molecule has 0 aliphatic heterocycles. The van der Waals surface area contributed by atoms with Crippen LogP contribution in [0.2, 0.25) is 0 Å². The first kappa shape index (κ1) is 26.0. The summed E-state index contributed by atoms with van der Waals surface area (Å²) >= 11 is 1.87. The molecule has 2 heteroatoms. The van der Waals surface area contributed by atoms with Gasteiger partial charge in [-0.15, -0.1) is 11.3 Å². The van der Waals surface area contributed by atoms with Crippen molar-refractivity contribution in [3.63, 3.8) is 0 Å². The SMILES string of the molecule is c1ccc(-c2cccc3sc4c(Nc5cccc6c5C(c5ccccc5)(c5ccccc5)c5ccccc5-6)cccc4c23)cc1. The summed E-state index contributed by atoms with van der Waals surface area (Å²) in [5, 5.41) is 6.61. The second-order valence-corrected chi connectivity index (χ2v) is 12.8. The van der Waals surface area contributed by atoms with Gasteiger partial charge in [-0.1, -0.05) is 152 Å². The van der Waals surface area contributed by atoms with Crippen LogP contribution in [-0.4, -0.2) is 0 Å². The molecule has 1 aliphatic carbocycles. The van der Waals surface area contributed by atoms with Gasteiger partial charge in [0, 0.05) is 26.7 Å². The molecule has 0 bridgehead atoms. The van der Waals surface area contributed by atoms with Gasteiger partial charge < -0.3 is 5.32 Å². The lowest BCUT2D eigenvalue weighted by Crippen LogP contribution is -2.29. The molecule has 0 unspecified atom stereocenters. The number of thiophene rings is 1. The molecule has 0 saturated carbocycles. The van der Waals surface area contributed by atoms with Crippen molar-refractivity contribution in [3.05, 3.63) is 192 Å². The topological polar surface area (TPSA) is 12.0 Å². The lowest BCUT2D eigenvalue weighted by atomic mass is 9.67. The maximum Gasteiger partial charge on any atom is 0.0733 e. The number of anilines is 2. The summed E-state index contributed by atoms with van der Waals surface area (Å²) in [6.07, 6.45) is 0. The van der Waals surface area contributed by atoms with E-state index >= 15 is 0 Å². The zero-order chi connectivity index (χ0) is 29.8. The highest BCUT2D eigenvalue weighted by molar-refractivity contribution is 7.26. The van der Waals surface area contributed by atoms with Crippen LogP contribution in [0.3, 0.4) is 0 Å². The van der Waals surface area contributed by atoms with Crippen molar-refractivity contribution in [3.8, 4) is 22.3 Å². The monoisotopic (exact) mass is 591 g/mol. The van der Waals surface area contributed by atoms with Gasteiger partial charge in [0.15, 0.2) is 0 Å². The highest BCUT2D eigenvalue weighted by atomic mass is 32.1. The van der Waals surface area contributed by atoms with Gasteiger partial charge in [0.05, 0.1) is 15.8 Å². The molecule has 212 valence electrons. The predicted octanol–water partition coefficient (Wildman–Crippen LogP) is 11.8. The smallest absolute Gasteiger partial charge is 0.0733 e. The average molecular weight is 592 g/mol. The highest BCUT2D eigenvalue weighted by Gasteiger charge is 2.47. The Morgan fingerprint density at radius 3 is 1.78 bits per heavy atom.